The molecule has 2 saturated heterocycles. The van der Waals surface area contributed by atoms with E-state index in [-0.39, 0.29) is 64.1 Å². The van der Waals surface area contributed by atoms with E-state index >= 15 is 0 Å². The Morgan fingerprint density at radius 1 is 0.854 bits per heavy atom. The zero-order chi connectivity index (χ0) is 32.1. The Balaban J connectivity index is 2.57. The first-order chi connectivity index (χ1) is 18.2. The van der Waals surface area contributed by atoms with E-state index in [0.29, 0.717) is 6.61 Å². The SMILES string of the molecule is C[C@@H]([C@@H](O[Si](C)(C)C(C)(C)C)[C@@H](C)[C@@H]1OC(C)(C)OC[C@H]1C)[C@@H](O[Si](C)(C)C(C)(C)C)[C@@H](C)[C@@H]1O[C@H]1C(=O)N(C)C. The van der Waals surface area contributed by atoms with Crippen LogP contribution in [-0.4, -0.2) is 84.5 Å². The lowest BCUT2D eigenvalue weighted by Crippen LogP contribution is -2.57. The van der Waals surface area contributed by atoms with Crippen LogP contribution in [-0.2, 0) is 27.9 Å². The summed E-state index contributed by atoms with van der Waals surface area (Å²) in [5.41, 5.74) is 0. The Hall–Kier alpha value is -0.296. The fourth-order valence-corrected chi connectivity index (χ4v) is 8.42. The highest BCUT2D eigenvalue weighted by Gasteiger charge is 2.55. The molecule has 2 rings (SSSR count). The van der Waals surface area contributed by atoms with Crippen LogP contribution < -0.4 is 0 Å². The van der Waals surface area contributed by atoms with E-state index in [0.717, 1.165) is 0 Å². The molecule has 0 radical (unpaired) electrons. The maximum atomic E-state index is 12.8. The Kier molecular flexibility index (Phi) is 11.3. The quantitative estimate of drug-likeness (QED) is 0.179. The molecule has 9 atom stereocenters. The second kappa shape index (κ2) is 12.6. The minimum Gasteiger partial charge on any atom is -0.413 e. The Bertz CT molecular complexity index is 894. The van der Waals surface area contributed by atoms with Crippen molar-refractivity contribution in [3.63, 3.8) is 0 Å². The highest BCUT2D eigenvalue weighted by molar-refractivity contribution is 6.74. The summed E-state index contributed by atoms with van der Waals surface area (Å²) >= 11 is 0. The number of carbonyl (C=O) groups is 1. The molecule has 0 aliphatic carbocycles. The molecule has 2 fully saturated rings. The highest BCUT2D eigenvalue weighted by Crippen LogP contribution is 2.46. The molecule has 242 valence electrons. The minimum atomic E-state index is -2.18. The number of amides is 1. The molecular formula is C32H65NO6Si2. The third kappa shape index (κ3) is 8.67. The third-order valence-electron chi connectivity index (χ3n) is 10.5. The van der Waals surface area contributed by atoms with Crippen LogP contribution in [0.15, 0.2) is 0 Å². The molecular weight excluding hydrogens is 551 g/mol. The number of nitrogens with zero attached hydrogens (tertiary/aromatic N) is 1. The van der Waals surface area contributed by atoms with Gasteiger partial charge in [-0.25, -0.2) is 0 Å². The summed E-state index contributed by atoms with van der Waals surface area (Å²) < 4.78 is 33.4. The molecule has 9 heteroatoms. The van der Waals surface area contributed by atoms with E-state index in [2.05, 4.69) is 95.4 Å². The van der Waals surface area contributed by atoms with Gasteiger partial charge in [-0.1, -0.05) is 69.2 Å². The number of carbonyl (C=O) groups excluding carboxylic acids is 1. The summed E-state index contributed by atoms with van der Waals surface area (Å²) in [4.78, 5) is 14.4. The average molecular weight is 616 g/mol. The normalized spacial score (nSPS) is 29.3. The van der Waals surface area contributed by atoms with Gasteiger partial charge in [-0.2, -0.15) is 0 Å². The zero-order valence-corrected chi connectivity index (χ0v) is 31.8. The minimum absolute atomic E-state index is 0.0139. The smallest absolute Gasteiger partial charge is 0.253 e. The van der Waals surface area contributed by atoms with Gasteiger partial charge < -0.3 is 28.0 Å². The molecule has 0 spiro atoms. The van der Waals surface area contributed by atoms with Crippen LogP contribution in [0.4, 0.5) is 0 Å². The van der Waals surface area contributed by atoms with E-state index in [9.17, 15) is 4.79 Å². The van der Waals surface area contributed by atoms with Gasteiger partial charge in [0.2, 0.25) is 0 Å². The van der Waals surface area contributed by atoms with Crippen LogP contribution in [0.1, 0.15) is 83.1 Å². The topological polar surface area (TPSA) is 69.8 Å². The Morgan fingerprint density at radius 2 is 1.27 bits per heavy atom. The molecule has 0 bridgehead atoms. The third-order valence-corrected chi connectivity index (χ3v) is 19.4. The summed E-state index contributed by atoms with van der Waals surface area (Å²) in [6.45, 7) is 36.7. The molecule has 0 N–H and O–H groups in total. The highest BCUT2D eigenvalue weighted by atomic mass is 28.4. The van der Waals surface area contributed by atoms with Crippen molar-refractivity contribution in [1.29, 1.82) is 0 Å². The number of likely N-dealkylation sites (N-methyl/N-ethyl adjacent to an activating group) is 1. The summed E-state index contributed by atoms with van der Waals surface area (Å²) in [5, 5.41) is 0.0913. The monoisotopic (exact) mass is 615 g/mol. The summed E-state index contributed by atoms with van der Waals surface area (Å²) in [5.74, 6) is -0.201. The van der Waals surface area contributed by atoms with Crippen LogP contribution in [0.25, 0.3) is 0 Å². The molecule has 2 heterocycles. The summed E-state index contributed by atoms with van der Waals surface area (Å²) in [6, 6.07) is 0. The maximum Gasteiger partial charge on any atom is 0.253 e. The van der Waals surface area contributed by atoms with Crippen LogP contribution in [0.5, 0.6) is 0 Å². The predicted octanol–water partition coefficient (Wildman–Crippen LogP) is 7.32. The van der Waals surface area contributed by atoms with E-state index in [1.165, 1.54) is 0 Å². The second-order valence-electron chi connectivity index (χ2n) is 16.8. The van der Waals surface area contributed by atoms with Crippen molar-refractivity contribution in [2.24, 2.45) is 23.7 Å². The largest absolute Gasteiger partial charge is 0.413 e. The van der Waals surface area contributed by atoms with Crippen molar-refractivity contribution in [2.75, 3.05) is 20.7 Å². The first-order valence-corrected chi connectivity index (χ1v) is 21.6. The van der Waals surface area contributed by atoms with Crippen molar-refractivity contribution >= 4 is 22.5 Å². The van der Waals surface area contributed by atoms with Crippen LogP contribution in [0, 0.1) is 23.7 Å². The van der Waals surface area contributed by atoms with Gasteiger partial charge >= 0.3 is 0 Å². The number of ether oxygens (including phenoxy) is 3. The van der Waals surface area contributed by atoms with E-state index in [1.807, 2.05) is 13.8 Å². The van der Waals surface area contributed by atoms with Crippen molar-refractivity contribution in [2.45, 2.75) is 156 Å². The van der Waals surface area contributed by atoms with Crippen molar-refractivity contribution in [3.8, 4) is 0 Å². The number of epoxide rings is 1. The van der Waals surface area contributed by atoms with Crippen LogP contribution in [0.3, 0.4) is 0 Å². The number of hydrogen-bond donors (Lipinski definition) is 0. The van der Waals surface area contributed by atoms with Gasteiger partial charge in [-0.05, 0) is 50.1 Å². The first-order valence-electron chi connectivity index (χ1n) is 15.8. The van der Waals surface area contributed by atoms with E-state index in [1.54, 1.807) is 19.0 Å². The van der Waals surface area contributed by atoms with E-state index in [4.69, 9.17) is 23.1 Å². The molecule has 0 aromatic heterocycles. The lowest BCUT2D eigenvalue weighted by atomic mass is 9.78. The molecule has 41 heavy (non-hydrogen) atoms. The van der Waals surface area contributed by atoms with Gasteiger partial charge in [-0.3, -0.25) is 4.79 Å². The summed E-state index contributed by atoms with van der Waals surface area (Å²) in [7, 11) is -0.771. The number of rotatable bonds is 11. The number of hydrogen-bond acceptors (Lipinski definition) is 6. The van der Waals surface area contributed by atoms with Gasteiger partial charge in [-0.15, -0.1) is 0 Å². The molecule has 0 aromatic carbocycles. The Labute approximate surface area is 255 Å². The molecule has 2 aliphatic rings. The van der Waals surface area contributed by atoms with Crippen molar-refractivity contribution in [3.05, 3.63) is 0 Å². The van der Waals surface area contributed by atoms with Gasteiger partial charge in [0.15, 0.2) is 28.5 Å². The molecule has 1 amide bonds. The molecule has 0 saturated carbocycles. The van der Waals surface area contributed by atoms with Gasteiger partial charge in [0.25, 0.3) is 5.91 Å². The standard InChI is InChI=1S/C32H65NO6Si2/c1-20-19-35-32(11,12)37-24(20)21(2)25(38-40(15,16)30(5,6)7)22(3)26(39-41(17,18)31(8,9)10)23(4)27-28(36-27)29(34)33(13)14/h20-28H,19H2,1-18H3/t20-,21+,22+,23-,24-,25+,26-,27+,28-/m1/s1. The predicted molar refractivity (Wildman–Crippen MR) is 173 cm³/mol. The maximum absolute atomic E-state index is 12.8. The lowest BCUT2D eigenvalue weighted by Gasteiger charge is -2.50. The van der Waals surface area contributed by atoms with Crippen LogP contribution >= 0.6 is 0 Å². The van der Waals surface area contributed by atoms with Crippen molar-refractivity contribution < 1.29 is 27.9 Å². The molecule has 0 aromatic rings. The van der Waals surface area contributed by atoms with Gasteiger partial charge in [0, 0.05) is 37.8 Å². The Morgan fingerprint density at radius 3 is 1.66 bits per heavy atom. The van der Waals surface area contributed by atoms with Crippen molar-refractivity contribution in [1.82, 2.24) is 4.90 Å². The van der Waals surface area contributed by atoms with Gasteiger partial charge in [0.1, 0.15) is 0 Å². The summed E-state index contributed by atoms with van der Waals surface area (Å²) in [6.07, 6.45) is -0.824. The fourth-order valence-electron chi connectivity index (χ4n) is 5.49. The molecule has 0 unspecified atom stereocenters. The van der Waals surface area contributed by atoms with Crippen LogP contribution in [0.2, 0.25) is 36.3 Å². The molecule has 7 nitrogen and oxygen atoms in total. The molecule has 2 aliphatic heterocycles. The fraction of sp³-hybridized carbons (Fsp3) is 0.969. The zero-order valence-electron chi connectivity index (χ0n) is 29.8. The average Bonchev–Trinajstić information content (AvgIpc) is 3.60. The van der Waals surface area contributed by atoms with Gasteiger partial charge in [0.05, 0.1) is 31.0 Å². The van der Waals surface area contributed by atoms with E-state index < -0.39 is 28.5 Å². The lowest BCUT2D eigenvalue weighted by molar-refractivity contribution is -0.304. The first kappa shape index (κ1) is 36.9. The second-order valence-corrected chi connectivity index (χ2v) is 26.3.